The molecule has 0 radical (unpaired) electrons. The maximum Gasteiger partial charge on any atom is 0.233 e. The van der Waals surface area contributed by atoms with Gasteiger partial charge in [-0.15, -0.1) is 0 Å². The van der Waals surface area contributed by atoms with Crippen LogP contribution >= 0.6 is 0 Å². The second kappa shape index (κ2) is 9.42. The van der Waals surface area contributed by atoms with Crippen LogP contribution in [0.25, 0.3) is 0 Å². The molecule has 0 spiro atoms. The van der Waals surface area contributed by atoms with E-state index in [0.717, 1.165) is 44.7 Å². The number of hydrogen-bond donors (Lipinski definition) is 1. The van der Waals surface area contributed by atoms with E-state index in [-0.39, 0.29) is 18.2 Å². The van der Waals surface area contributed by atoms with Gasteiger partial charge in [-0.25, -0.2) is 0 Å². The topological polar surface area (TPSA) is 55.9 Å². The van der Waals surface area contributed by atoms with Crippen LogP contribution in [0.15, 0.2) is 24.3 Å². The van der Waals surface area contributed by atoms with Crippen LogP contribution in [0.2, 0.25) is 0 Å². The van der Waals surface area contributed by atoms with Crippen molar-refractivity contribution in [1.29, 1.82) is 0 Å². The van der Waals surface area contributed by atoms with Crippen LogP contribution in [-0.4, -0.2) is 68.4 Å². The summed E-state index contributed by atoms with van der Waals surface area (Å²) in [6.07, 6.45) is 1.88. The number of hydrogen-bond acceptors (Lipinski definition) is 4. The van der Waals surface area contributed by atoms with Crippen molar-refractivity contribution in [2.24, 2.45) is 0 Å². The van der Waals surface area contributed by atoms with Crippen LogP contribution in [0.3, 0.4) is 0 Å². The van der Waals surface area contributed by atoms with E-state index in [2.05, 4.69) is 29.1 Å². The van der Waals surface area contributed by atoms with Gasteiger partial charge in [0.2, 0.25) is 11.8 Å². The smallest absolute Gasteiger partial charge is 0.233 e. The van der Waals surface area contributed by atoms with E-state index < -0.39 is 0 Å². The van der Waals surface area contributed by atoms with E-state index in [1.807, 2.05) is 24.3 Å². The molecule has 1 aliphatic heterocycles. The van der Waals surface area contributed by atoms with Crippen LogP contribution in [-0.2, 0) is 9.59 Å². The first-order valence-corrected chi connectivity index (χ1v) is 9.07. The van der Waals surface area contributed by atoms with Gasteiger partial charge < -0.3 is 20.0 Å². The summed E-state index contributed by atoms with van der Waals surface area (Å²) in [6, 6.07) is 7.85. The minimum Gasteiger partial charge on any atom is -0.369 e. The number of anilines is 2. The lowest BCUT2D eigenvalue weighted by molar-refractivity contribution is -0.133. The van der Waals surface area contributed by atoms with Crippen molar-refractivity contribution in [1.82, 2.24) is 9.80 Å². The number of carbonyl (C=O) groups excluding carboxylic acids is 2. The number of amides is 2. The third-order valence-corrected chi connectivity index (χ3v) is 4.60. The van der Waals surface area contributed by atoms with E-state index in [1.165, 1.54) is 5.69 Å². The molecule has 6 heteroatoms. The van der Waals surface area contributed by atoms with E-state index >= 15 is 0 Å². The Morgan fingerprint density at radius 2 is 1.76 bits per heavy atom. The molecular weight excluding hydrogens is 316 g/mol. The van der Waals surface area contributed by atoms with Crippen LogP contribution < -0.4 is 10.2 Å². The van der Waals surface area contributed by atoms with Gasteiger partial charge in [0.1, 0.15) is 6.42 Å². The van der Waals surface area contributed by atoms with Crippen molar-refractivity contribution in [3.05, 3.63) is 24.3 Å². The fourth-order valence-electron chi connectivity index (χ4n) is 2.82. The fourth-order valence-corrected chi connectivity index (χ4v) is 2.82. The van der Waals surface area contributed by atoms with Crippen LogP contribution in [0.4, 0.5) is 11.4 Å². The van der Waals surface area contributed by atoms with E-state index in [4.69, 9.17) is 0 Å². The standard InChI is InChI=1S/C19H30N4O2/c1-4-5-10-22(3)19(25)15-18(24)20-16-6-8-17(9-7-16)23-13-11-21(2)12-14-23/h6-9H,4-5,10-15H2,1-3H3,(H,20,24). The van der Waals surface area contributed by atoms with Gasteiger partial charge in [0.05, 0.1) is 0 Å². The Morgan fingerprint density at radius 3 is 2.36 bits per heavy atom. The summed E-state index contributed by atoms with van der Waals surface area (Å²) in [5, 5.41) is 2.81. The van der Waals surface area contributed by atoms with E-state index in [9.17, 15) is 9.59 Å². The third-order valence-electron chi connectivity index (χ3n) is 4.60. The molecule has 0 bridgehead atoms. The highest BCUT2D eigenvalue weighted by Gasteiger charge is 2.15. The predicted octanol–water partition coefficient (Wildman–Crippen LogP) is 2.03. The lowest BCUT2D eigenvalue weighted by Crippen LogP contribution is -2.44. The van der Waals surface area contributed by atoms with Crippen molar-refractivity contribution >= 4 is 23.2 Å². The molecule has 2 rings (SSSR count). The Bertz CT molecular complexity index is 565. The van der Waals surface area contributed by atoms with Gasteiger partial charge in [0.15, 0.2) is 0 Å². The molecule has 6 nitrogen and oxygen atoms in total. The van der Waals surface area contributed by atoms with E-state index in [1.54, 1.807) is 11.9 Å². The Balaban J connectivity index is 1.82. The first-order chi connectivity index (χ1) is 12.0. The summed E-state index contributed by atoms with van der Waals surface area (Å²) in [5.74, 6) is -0.402. The maximum absolute atomic E-state index is 12.0. The molecule has 138 valence electrons. The first kappa shape index (κ1) is 19.2. The van der Waals surface area contributed by atoms with Crippen molar-refractivity contribution in [3.63, 3.8) is 0 Å². The Hall–Kier alpha value is -2.08. The zero-order valence-electron chi connectivity index (χ0n) is 15.6. The number of benzene rings is 1. The molecule has 1 saturated heterocycles. The molecule has 0 aliphatic carbocycles. The molecule has 0 aromatic heterocycles. The molecular formula is C19H30N4O2. The third kappa shape index (κ3) is 6.05. The Labute approximate surface area is 150 Å². The molecule has 1 N–H and O–H groups in total. The number of likely N-dealkylation sites (N-methyl/N-ethyl adjacent to an activating group) is 1. The number of nitrogens with one attached hydrogen (secondary N) is 1. The summed E-state index contributed by atoms with van der Waals surface area (Å²) < 4.78 is 0. The zero-order chi connectivity index (χ0) is 18.2. The minimum absolute atomic E-state index is 0.111. The Kier molecular flexibility index (Phi) is 7.25. The number of carbonyl (C=O) groups is 2. The van der Waals surface area contributed by atoms with Gasteiger partial charge in [-0.2, -0.15) is 0 Å². The fraction of sp³-hybridized carbons (Fsp3) is 0.579. The monoisotopic (exact) mass is 346 g/mol. The lowest BCUT2D eigenvalue weighted by atomic mass is 10.2. The van der Waals surface area contributed by atoms with Crippen molar-refractivity contribution in [3.8, 4) is 0 Å². The van der Waals surface area contributed by atoms with Crippen molar-refractivity contribution in [2.45, 2.75) is 26.2 Å². The number of unbranched alkanes of at least 4 members (excludes halogenated alkanes) is 1. The van der Waals surface area contributed by atoms with Crippen molar-refractivity contribution in [2.75, 3.05) is 57.0 Å². The Morgan fingerprint density at radius 1 is 1.12 bits per heavy atom. The molecule has 1 fully saturated rings. The maximum atomic E-state index is 12.0. The summed E-state index contributed by atoms with van der Waals surface area (Å²) in [7, 11) is 3.88. The van der Waals surface area contributed by atoms with Gasteiger partial charge in [-0.3, -0.25) is 9.59 Å². The molecule has 1 aromatic rings. The lowest BCUT2D eigenvalue weighted by Gasteiger charge is -2.34. The summed E-state index contributed by atoms with van der Waals surface area (Å²) in [5.41, 5.74) is 1.90. The molecule has 1 aromatic carbocycles. The molecule has 1 heterocycles. The average molecular weight is 346 g/mol. The van der Waals surface area contributed by atoms with Gasteiger partial charge >= 0.3 is 0 Å². The average Bonchev–Trinajstić information content (AvgIpc) is 2.61. The highest BCUT2D eigenvalue weighted by atomic mass is 16.2. The van der Waals surface area contributed by atoms with Crippen LogP contribution in [0.5, 0.6) is 0 Å². The van der Waals surface area contributed by atoms with Crippen LogP contribution in [0.1, 0.15) is 26.2 Å². The largest absolute Gasteiger partial charge is 0.369 e. The molecule has 1 aliphatic rings. The van der Waals surface area contributed by atoms with Gasteiger partial charge in [-0.05, 0) is 37.7 Å². The number of piperazine rings is 1. The van der Waals surface area contributed by atoms with Crippen molar-refractivity contribution < 1.29 is 9.59 Å². The second-order valence-corrected chi connectivity index (χ2v) is 6.73. The van der Waals surface area contributed by atoms with Crippen LogP contribution in [0, 0.1) is 0 Å². The normalized spacial score (nSPS) is 15.1. The zero-order valence-corrected chi connectivity index (χ0v) is 15.6. The molecule has 0 unspecified atom stereocenters. The quantitative estimate of drug-likeness (QED) is 0.768. The highest BCUT2D eigenvalue weighted by molar-refractivity contribution is 6.03. The highest BCUT2D eigenvalue weighted by Crippen LogP contribution is 2.19. The van der Waals surface area contributed by atoms with Gasteiger partial charge in [0, 0.05) is 51.1 Å². The minimum atomic E-state index is -0.263. The summed E-state index contributed by atoms with van der Waals surface area (Å²) in [4.78, 5) is 30.3. The second-order valence-electron chi connectivity index (χ2n) is 6.73. The van der Waals surface area contributed by atoms with Gasteiger partial charge in [0.25, 0.3) is 0 Å². The SMILES string of the molecule is CCCCN(C)C(=O)CC(=O)Nc1ccc(N2CCN(C)CC2)cc1. The molecule has 2 amide bonds. The summed E-state index contributed by atoms with van der Waals surface area (Å²) in [6.45, 7) is 6.93. The number of nitrogens with zero attached hydrogens (tertiary/aromatic N) is 3. The number of rotatable bonds is 7. The summed E-state index contributed by atoms with van der Waals surface area (Å²) >= 11 is 0. The van der Waals surface area contributed by atoms with Gasteiger partial charge in [-0.1, -0.05) is 13.3 Å². The van der Waals surface area contributed by atoms with E-state index in [0.29, 0.717) is 6.54 Å². The molecule has 0 saturated carbocycles. The predicted molar refractivity (Wildman–Crippen MR) is 102 cm³/mol. The molecule has 25 heavy (non-hydrogen) atoms. The first-order valence-electron chi connectivity index (χ1n) is 9.07. The molecule has 0 atom stereocenters.